The molecule has 0 aromatic carbocycles. The van der Waals surface area contributed by atoms with E-state index in [-0.39, 0.29) is 5.88 Å². The Morgan fingerprint density at radius 1 is 1.29 bits per heavy atom. The molecule has 9 heteroatoms. The summed E-state index contributed by atoms with van der Waals surface area (Å²) in [5, 5.41) is 10.5. The van der Waals surface area contributed by atoms with Crippen LogP contribution in [0.2, 0.25) is 0 Å². The van der Waals surface area contributed by atoms with E-state index in [4.69, 9.17) is 0 Å². The normalized spacial score (nSPS) is 11.0. The molecule has 2 N–H and O–H groups in total. The predicted octanol–water partition coefficient (Wildman–Crippen LogP) is 1.96. The van der Waals surface area contributed by atoms with Gasteiger partial charge < -0.3 is 10.1 Å². The van der Waals surface area contributed by atoms with E-state index in [2.05, 4.69) is 35.2 Å². The fraction of sp³-hybridized carbons (Fsp3) is 0.167. The third-order valence-corrected chi connectivity index (χ3v) is 2.72. The van der Waals surface area contributed by atoms with E-state index in [1.807, 2.05) is 0 Å². The average molecular weight is 292 g/mol. The van der Waals surface area contributed by atoms with Crippen molar-refractivity contribution >= 4 is 16.9 Å². The molecule has 0 saturated carbocycles. The molecule has 3 aromatic heterocycles. The third-order valence-electron chi connectivity index (χ3n) is 2.72. The summed E-state index contributed by atoms with van der Waals surface area (Å²) in [6, 6.07) is 3.13. The SMILES string of the molecule is FC(F)Oc1cc(CNc2ncnc3[nH]ncc23)ccn1. The van der Waals surface area contributed by atoms with E-state index in [0.29, 0.717) is 18.0 Å². The predicted molar refractivity (Wildman–Crippen MR) is 69.9 cm³/mol. The molecule has 7 nitrogen and oxygen atoms in total. The van der Waals surface area contributed by atoms with E-state index >= 15 is 0 Å². The van der Waals surface area contributed by atoms with Crippen molar-refractivity contribution in [1.29, 1.82) is 0 Å². The number of H-pyrrole nitrogens is 1. The zero-order valence-electron chi connectivity index (χ0n) is 10.6. The first-order chi connectivity index (χ1) is 10.2. The highest BCUT2D eigenvalue weighted by atomic mass is 19.3. The molecule has 0 saturated heterocycles. The van der Waals surface area contributed by atoms with Gasteiger partial charge in [-0.1, -0.05) is 0 Å². The number of halogens is 2. The summed E-state index contributed by atoms with van der Waals surface area (Å²) in [5.74, 6) is 0.474. The average Bonchev–Trinajstić information content (AvgIpc) is 2.93. The number of nitrogens with zero attached hydrogens (tertiary/aromatic N) is 4. The van der Waals surface area contributed by atoms with Crippen molar-refractivity contribution in [2.45, 2.75) is 13.2 Å². The molecule has 0 bridgehead atoms. The maximum atomic E-state index is 12.1. The molecule has 0 aliphatic heterocycles. The quantitative estimate of drug-likeness (QED) is 0.747. The van der Waals surface area contributed by atoms with Crippen LogP contribution >= 0.6 is 0 Å². The molecular formula is C12H10F2N6O. The molecule has 0 unspecified atom stereocenters. The second-order valence-corrected chi connectivity index (χ2v) is 4.09. The number of pyridine rings is 1. The molecule has 0 atom stereocenters. The van der Waals surface area contributed by atoms with Gasteiger partial charge in [0.25, 0.3) is 0 Å². The lowest BCUT2D eigenvalue weighted by atomic mass is 10.2. The summed E-state index contributed by atoms with van der Waals surface area (Å²) < 4.78 is 28.5. The number of aromatic nitrogens is 5. The Hall–Kier alpha value is -2.84. The van der Waals surface area contributed by atoms with Gasteiger partial charge in [-0.25, -0.2) is 15.0 Å². The van der Waals surface area contributed by atoms with Gasteiger partial charge in [-0.2, -0.15) is 13.9 Å². The second-order valence-electron chi connectivity index (χ2n) is 4.09. The van der Waals surface area contributed by atoms with Crippen LogP contribution in [0, 0.1) is 0 Å². The molecule has 21 heavy (non-hydrogen) atoms. The second kappa shape index (κ2) is 5.65. The molecule has 0 amide bonds. The fourth-order valence-electron chi connectivity index (χ4n) is 1.81. The van der Waals surface area contributed by atoms with Crippen LogP contribution in [0.1, 0.15) is 5.56 Å². The number of fused-ring (bicyclic) bond motifs is 1. The number of anilines is 1. The van der Waals surface area contributed by atoms with E-state index in [1.165, 1.54) is 18.6 Å². The van der Waals surface area contributed by atoms with Crippen LogP contribution in [0.3, 0.4) is 0 Å². The van der Waals surface area contributed by atoms with Crippen molar-refractivity contribution in [3.8, 4) is 5.88 Å². The lowest BCUT2D eigenvalue weighted by Crippen LogP contribution is -2.06. The van der Waals surface area contributed by atoms with Crippen LogP contribution in [0.4, 0.5) is 14.6 Å². The maximum absolute atomic E-state index is 12.1. The minimum atomic E-state index is -2.90. The van der Waals surface area contributed by atoms with Gasteiger partial charge in [-0.05, 0) is 11.6 Å². The largest absolute Gasteiger partial charge is 0.417 e. The number of rotatable bonds is 5. The zero-order valence-corrected chi connectivity index (χ0v) is 10.6. The molecule has 3 aromatic rings. The standard InChI is InChI=1S/C12H10F2N6O/c13-12(14)21-9-3-7(1-2-15-9)4-16-10-8-5-19-20-11(8)18-6-17-10/h1-3,5-6,12H,4H2,(H2,16,17,18,19,20). The summed E-state index contributed by atoms with van der Waals surface area (Å²) in [5.41, 5.74) is 1.35. The molecule has 0 fully saturated rings. The molecule has 3 heterocycles. The first-order valence-electron chi connectivity index (χ1n) is 6.00. The number of nitrogens with one attached hydrogen (secondary N) is 2. The number of alkyl halides is 2. The molecule has 3 rings (SSSR count). The summed E-state index contributed by atoms with van der Waals surface area (Å²) >= 11 is 0. The van der Waals surface area contributed by atoms with Gasteiger partial charge in [0, 0.05) is 18.8 Å². The number of aromatic amines is 1. The highest BCUT2D eigenvalue weighted by Crippen LogP contribution is 2.18. The summed E-state index contributed by atoms with van der Waals surface area (Å²) in [4.78, 5) is 11.8. The van der Waals surface area contributed by atoms with E-state index < -0.39 is 6.61 Å². The molecule has 0 aliphatic rings. The monoisotopic (exact) mass is 292 g/mol. The molecule has 0 radical (unpaired) electrons. The summed E-state index contributed by atoms with van der Waals surface area (Å²) in [7, 11) is 0. The van der Waals surface area contributed by atoms with Crippen molar-refractivity contribution in [3.05, 3.63) is 36.4 Å². The fourth-order valence-corrected chi connectivity index (χ4v) is 1.81. The van der Waals surface area contributed by atoms with Crippen molar-refractivity contribution in [3.63, 3.8) is 0 Å². The van der Waals surface area contributed by atoms with Gasteiger partial charge in [0.1, 0.15) is 12.1 Å². The summed E-state index contributed by atoms with van der Waals surface area (Å²) in [6.07, 6.45) is 4.42. The lowest BCUT2D eigenvalue weighted by molar-refractivity contribution is -0.0528. The topological polar surface area (TPSA) is 88.6 Å². The van der Waals surface area contributed by atoms with E-state index in [1.54, 1.807) is 12.3 Å². The smallest absolute Gasteiger partial charge is 0.388 e. The van der Waals surface area contributed by atoms with Crippen LogP contribution in [-0.2, 0) is 6.54 Å². The van der Waals surface area contributed by atoms with Crippen LogP contribution < -0.4 is 10.1 Å². The minimum Gasteiger partial charge on any atom is -0.417 e. The van der Waals surface area contributed by atoms with Gasteiger partial charge in [0.15, 0.2) is 5.65 Å². The lowest BCUT2D eigenvalue weighted by Gasteiger charge is -2.08. The Bertz CT molecular complexity index is 747. The van der Waals surface area contributed by atoms with E-state index in [9.17, 15) is 8.78 Å². The first-order valence-corrected chi connectivity index (χ1v) is 6.00. The van der Waals surface area contributed by atoms with Gasteiger partial charge >= 0.3 is 6.61 Å². The van der Waals surface area contributed by atoms with Crippen molar-refractivity contribution in [1.82, 2.24) is 25.1 Å². The molecule has 0 spiro atoms. The van der Waals surface area contributed by atoms with Crippen LogP contribution in [0.5, 0.6) is 5.88 Å². The van der Waals surface area contributed by atoms with Crippen LogP contribution in [-0.4, -0.2) is 31.8 Å². The Morgan fingerprint density at radius 2 is 2.19 bits per heavy atom. The number of ether oxygens (including phenoxy) is 1. The van der Waals surface area contributed by atoms with Gasteiger partial charge in [0.05, 0.1) is 11.6 Å². The Morgan fingerprint density at radius 3 is 3.05 bits per heavy atom. The maximum Gasteiger partial charge on any atom is 0.388 e. The molecular weight excluding hydrogens is 282 g/mol. The van der Waals surface area contributed by atoms with Crippen molar-refractivity contribution in [2.24, 2.45) is 0 Å². The van der Waals surface area contributed by atoms with Gasteiger partial charge in [0.2, 0.25) is 5.88 Å². The van der Waals surface area contributed by atoms with Gasteiger partial charge in [-0.15, -0.1) is 0 Å². The van der Waals surface area contributed by atoms with Crippen molar-refractivity contribution < 1.29 is 13.5 Å². The Balaban J connectivity index is 1.74. The summed E-state index contributed by atoms with van der Waals surface area (Å²) in [6.45, 7) is -2.52. The third kappa shape index (κ3) is 3.02. The zero-order chi connectivity index (χ0) is 14.7. The first kappa shape index (κ1) is 13.2. The Kier molecular flexibility index (Phi) is 3.54. The van der Waals surface area contributed by atoms with Crippen LogP contribution in [0.15, 0.2) is 30.9 Å². The number of hydrogen-bond donors (Lipinski definition) is 2. The molecule has 108 valence electrons. The Labute approximate surface area is 117 Å². The molecule has 0 aliphatic carbocycles. The van der Waals surface area contributed by atoms with Gasteiger partial charge in [-0.3, -0.25) is 5.10 Å². The van der Waals surface area contributed by atoms with E-state index in [0.717, 1.165) is 10.9 Å². The minimum absolute atomic E-state index is 0.125. The number of hydrogen-bond acceptors (Lipinski definition) is 6. The highest BCUT2D eigenvalue weighted by Gasteiger charge is 2.07. The van der Waals surface area contributed by atoms with Crippen LogP contribution in [0.25, 0.3) is 11.0 Å². The van der Waals surface area contributed by atoms with Crippen molar-refractivity contribution in [2.75, 3.05) is 5.32 Å². The highest BCUT2D eigenvalue weighted by molar-refractivity contribution is 5.85.